The Balaban J connectivity index is -0.000000158. The van der Waals surface area contributed by atoms with Crippen LogP contribution in [0.15, 0.2) is 84.0 Å². The van der Waals surface area contributed by atoms with Crippen molar-refractivity contribution in [3.63, 3.8) is 0 Å². The van der Waals surface area contributed by atoms with E-state index >= 15 is 0 Å². The molecule has 2 aromatic rings. The first kappa shape index (κ1) is 53.8. The fourth-order valence-corrected chi connectivity index (χ4v) is 3.14. The van der Waals surface area contributed by atoms with Gasteiger partial charge in [0.15, 0.2) is 0 Å². The number of rotatable bonds is 0. The van der Waals surface area contributed by atoms with Gasteiger partial charge in [-0.2, -0.15) is 38.5 Å². The van der Waals surface area contributed by atoms with Crippen molar-refractivity contribution in [3.05, 3.63) is 137 Å². The molecule has 0 radical (unpaired) electrons. The van der Waals surface area contributed by atoms with E-state index in [0.717, 1.165) is 61.4 Å². The maximum atomic E-state index is 11.8. The summed E-state index contributed by atoms with van der Waals surface area (Å²) in [6, 6.07) is 7.33. The summed E-state index contributed by atoms with van der Waals surface area (Å²) in [6.07, 6.45) is 8.61. The first-order valence-corrected chi connectivity index (χ1v) is 14.8. The number of hydrogen-bond donors (Lipinski definition) is 2. The van der Waals surface area contributed by atoms with Gasteiger partial charge in [0.2, 0.25) is 0 Å². The predicted octanol–water partition coefficient (Wildman–Crippen LogP) is 12.4. The quantitative estimate of drug-likeness (QED) is 0.208. The van der Waals surface area contributed by atoms with Crippen LogP contribution in [-0.2, 0) is 36.6 Å². The molecule has 0 fully saturated rings. The number of allylic oxidation sites excluding steroid dienone is 8. The molecule has 0 amide bonds. The van der Waals surface area contributed by atoms with Crippen LogP contribution in [0.3, 0.4) is 0 Å². The van der Waals surface area contributed by atoms with Crippen LogP contribution in [0.5, 0.6) is 11.5 Å². The molecular formula is C38H52F6O2Zr-6. The van der Waals surface area contributed by atoms with Crippen LogP contribution in [-0.4, -0.2) is 13.9 Å². The molecule has 0 saturated carbocycles. The van der Waals surface area contributed by atoms with Crippen molar-refractivity contribution in [1.29, 1.82) is 0 Å². The Hall–Kier alpha value is -2.67. The molecule has 0 unspecified atom stereocenters. The Morgan fingerprint density at radius 3 is 0.936 bits per heavy atom. The number of benzene rings is 2. The summed E-state index contributed by atoms with van der Waals surface area (Å²) < 4.78 is 73.1. The van der Waals surface area contributed by atoms with Gasteiger partial charge in [0, 0.05) is 0 Å². The van der Waals surface area contributed by atoms with Crippen LogP contribution in [0.4, 0.5) is 26.3 Å². The zero-order chi connectivity index (χ0) is 33.5. The second-order valence-corrected chi connectivity index (χ2v) is 12.7. The summed E-state index contributed by atoms with van der Waals surface area (Å²) in [5, 5.41) is 17.3. The van der Waals surface area contributed by atoms with Crippen LogP contribution in [0.25, 0.3) is 0 Å². The molecule has 4 rings (SSSR count). The SMILES string of the molecule is CC(C)(C)C1=[C-]CC=C1.CC(C)(C)C1=[C-]CC=C1.C[CH]=[Zr].Oc1ccc(C(F)(F)F)cc1.Oc1ccc(C(F)(F)F)cc1.[CH3-].[CH3-].[CH3-].[CH3-]. The van der Waals surface area contributed by atoms with E-state index in [1.165, 1.54) is 35.4 Å². The molecule has 0 aliphatic heterocycles. The van der Waals surface area contributed by atoms with Crippen molar-refractivity contribution < 1.29 is 60.8 Å². The Morgan fingerprint density at radius 2 is 0.809 bits per heavy atom. The Kier molecular flexibility index (Phi) is 28.0. The van der Waals surface area contributed by atoms with Crippen molar-refractivity contribution in [2.75, 3.05) is 0 Å². The van der Waals surface area contributed by atoms with E-state index in [-0.39, 0.29) is 41.2 Å². The van der Waals surface area contributed by atoms with Crippen LogP contribution in [0.1, 0.15) is 72.4 Å². The zero-order valence-electron chi connectivity index (χ0n) is 29.6. The third-order valence-electron chi connectivity index (χ3n) is 5.40. The minimum Gasteiger partial charge on any atom is -0.508 e. The molecule has 2 nitrogen and oxygen atoms in total. The fraction of sp³-hybridized carbons (Fsp3) is 0.342. The molecule has 0 atom stereocenters. The van der Waals surface area contributed by atoms with Crippen LogP contribution in [0.2, 0.25) is 0 Å². The zero-order valence-corrected chi connectivity index (χ0v) is 32.0. The predicted molar refractivity (Wildman–Crippen MR) is 184 cm³/mol. The maximum absolute atomic E-state index is 11.8. The molecule has 268 valence electrons. The van der Waals surface area contributed by atoms with Crippen LogP contribution < -0.4 is 0 Å². The first-order chi connectivity index (χ1) is 19.6. The second kappa shape index (κ2) is 24.5. The van der Waals surface area contributed by atoms with Crippen molar-refractivity contribution in [2.45, 2.75) is 73.7 Å². The molecule has 2 N–H and O–H groups in total. The van der Waals surface area contributed by atoms with E-state index in [2.05, 4.69) is 81.7 Å². The minimum absolute atomic E-state index is 0. The molecule has 9 heteroatoms. The summed E-state index contributed by atoms with van der Waals surface area (Å²) in [6.45, 7) is 15.3. The minimum atomic E-state index is -4.33. The molecule has 2 aromatic carbocycles. The molecule has 0 bridgehead atoms. The average molecular weight is 746 g/mol. The van der Waals surface area contributed by atoms with Crippen LogP contribution >= 0.6 is 0 Å². The van der Waals surface area contributed by atoms with Gasteiger partial charge in [-0.1, -0.05) is 41.5 Å². The summed E-state index contributed by atoms with van der Waals surface area (Å²) in [4.78, 5) is 0. The van der Waals surface area contributed by atoms with Crippen molar-refractivity contribution in [1.82, 2.24) is 0 Å². The molecule has 0 spiro atoms. The fourth-order valence-electron chi connectivity index (χ4n) is 3.14. The smallest absolute Gasteiger partial charge is 0.416 e. The molecule has 0 aromatic heterocycles. The number of phenols is 2. The summed E-state index contributed by atoms with van der Waals surface area (Å²) in [5.74, 6) is -0.337. The van der Waals surface area contributed by atoms with Crippen molar-refractivity contribution in [2.24, 2.45) is 10.8 Å². The van der Waals surface area contributed by atoms with Crippen molar-refractivity contribution in [3.8, 4) is 11.5 Å². The van der Waals surface area contributed by atoms with Gasteiger partial charge in [-0.3, -0.25) is 12.2 Å². The third-order valence-corrected chi connectivity index (χ3v) is 5.40. The topological polar surface area (TPSA) is 40.5 Å². The van der Waals surface area contributed by atoms with Gasteiger partial charge in [-0.25, -0.2) is 23.3 Å². The van der Waals surface area contributed by atoms with E-state index < -0.39 is 23.5 Å². The average Bonchev–Trinajstić information content (AvgIpc) is 3.60. The van der Waals surface area contributed by atoms with Gasteiger partial charge in [0.05, 0.1) is 11.1 Å². The molecule has 2 aliphatic carbocycles. The third kappa shape index (κ3) is 24.2. The number of hydrogen-bond acceptors (Lipinski definition) is 2. The van der Waals surface area contributed by atoms with E-state index in [1.807, 2.05) is 6.92 Å². The van der Waals surface area contributed by atoms with E-state index in [9.17, 15) is 26.3 Å². The summed E-state index contributed by atoms with van der Waals surface area (Å²) >= 11 is 1.51. The van der Waals surface area contributed by atoms with Gasteiger partial charge in [0.25, 0.3) is 0 Å². The maximum Gasteiger partial charge on any atom is 0.416 e. The Morgan fingerprint density at radius 1 is 0.574 bits per heavy atom. The second-order valence-electron chi connectivity index (χ2n) is 11.3. The molecule has 0 saturated heterocycles. The largest absolute Gasteiger partial charge is 0.508 e. The van der Waals surface area contributed by atoms with Gasteiger partial charge in [0.1, 0.15) is 11.5 Å². The van der Waals surface area contributed by atoms with E-state index in [1.54, 1.807) is 0 Å². The number of aromatic hydroxyl groups is 2. The normalized spacial score (nSPS) is 12.7. The van der Waals surface area contributed by atoms with E-state index in [4.69, 9.17) is 10.2 Å². The van der Waals surface area contributed by atoms with Gasteiger partial charge in [-0.15, -0.1) is 12.8 Å². The Labute approximate surface area is 296 Å². The number of halogens is 6. The van der Waals surface area contributed by atoms with E-state index in [0.29, 0.717) is 10.8 Å². The summed E-state index contributed by atoms with van der Waals surface area (Å²) in [7, 11) is 0. The number of phenolic OH excluding ortho intramolecular Hbond substituents is 2. The first-order valence-electron chi connectivity index (χ1n) is 13.4. The van der Waals surface area contributed by atoms with Crippen molar-refractivity contribution >= 4 is 3.71 Å². The molecule has 0 heterocycles. The van der Waals surface area contributed by atoms with Gasteiger partial charge in [-0.05, 0) is 59.4 Å². The Bertz CT molecular complexity index is 1130. The van der Waals surface area contributed by atoms with Crippen LogP contribution in [0, 0.1) is 52.7 Å². The van der Waals surface area contributed by atoms with Gasteiger partial charge < -0.3 is 39.9 Å². The molecule has 47 heavy (non-hydrogen) atoms. The monoisotopic (exact) mass is 744 g/mol. The number of alkyl halides is 6. The van der Waals surface area contributed by atoms with Gasteiger partial charge >= 0.3 is 47.2 Å². The summed E-state index contributed by atoms with van der Waals surface area (Å²) in [5.41, 5.74) is 1.79. The molecular weight excluding hydrogens is 694 g/mol. The molecule has 2 aliphatic rings. The standard InChI is InChI=1S/2C9H13.2C7H5F3O.C2H4.4CH3.Zr/c2*1-9(2,3)8-6-4-5-7-8;2*8-7(9,10)5-1-3-6(11)4-2-5;1-2;;;;;/h2*4,6H,5H2,1-3H3;2*1-4,11H;1H,2H3;4*1H3;/q2*-1;;;;4*-1;.